The Balaban J connectivity index is 1.38. The lowest BCUT2D eigenvalue weighted by atomic mass is 9.97. The van der Waals surface area contributed by atoms with E-state index in [1.54, 1.807) is 47.5 Å². The lowest BCUT2D eigenvalue weighted by Crippen LogP contribution is -2.31. The highest BCUT2D eigenvalue weighted by Gasteiger charge is 2.45. The Hall–Kier alpha value is -3.64. The van der Waals surface area contributed by atoms with E-state index in [0.29, 0.717) is 34.9 Å². The van der Waals surface area contributed by atoms with Crippen LogP contribution in [0.3, 0.4) is 0 Å². The van der Waals surface area contributed by atoms with Crippen LogP contribution in [0.15, 0.2) is 48.9 Å². The number of fused-ring (bicyclic) bond motifs is 2. The third-order valence-electron chi connectivity index (χ3n) is 7.89. The van der Waals surface area contributed by atoms with Crippen molar-refractivity contribution in [1.82, 2.24) is 19.2 Å². The van der Waals surface area contributed by atoms with Crippen molar-refractivity contribution in [2.75, 3.05) is 29.5 Å². The molecule has 6 rings (SSSR count). The molecule has 2 aliphatic rings. The molecule has 216 valence electrons. The highest BCUT2D eigenvalue weighted by Crippen LogP contribution is 2.44. The van der Waals surface area contributed by atoms with Crippen LogP contribution in [0.4, 0.5) is 24.5 Å². The standard InChI is InChI=1S/C29H33F3N6O2Si/c1-19-25-26(34-37(19)18-40-13-14-41(2,3)4)28(39)38(21-7-10-35-12-9-33-24(35)16-21)27(25)22-6-5-20(15-23(22)30)36-11-8-29(31,32)17-36/h5-7,9-10,12,15-16,27H,8,11,13-14,17-18H2,1-4H3. The lowest BCUT2D eigenvalue weighted by molar-refractivity contribution is 0.0257. The van der Waals surface area contributed by atoms with Crippen LogP contribution >= 0.6 is 0 Å². The Kier molecular flexibility index (Phi) is 6.72. The Bertz CT molecular complexity index is 1630. The molecule has 0 aliphatic carbocycles. The summed E-state index contributed by atoms with van der Waals surface area (Å²) in [6, 6.07) is 8.28. The van der Waals surface area contributed by atoms with E-state index >= 15 is 4.39 Å². The number of alkyl halides is 2. The number of anilines is 2. The second-order valence-corrected chi connectivity index (χ2v) is 17.7. The van der Waals surface area contributed by atoms with E-state index in [1.165, 1.54) is 15.9 Å². The van der Waals surface area contributed by atoms with Gasteiger partial charge >= 0.3 is 0 Å². The van der Waals surface area contributed by atoms with Gasteiger partial charge in [-0.3, -0.25) is 9.69 Å². The zero-order chi connectivity index (χ0) is 29.1. The first-order valence-corrected chi connectivity index (χ1v) is 17.5. The van der Waals surface area contributed by atoms with Crippen molar-refractivity contribution in [1.29, 1.82) is 0 Å². The predicted octanol–water partition coefficient (Wildman–Crippen LogP) is 5.89. The minimum atomic E-state index is -2.80. The topological polar surface area (TPSA) is 67.9 Å². The van der Waals surface area contributed by atoms with Gasteiger partial charge in [0.1, 0.15) is 18.2 Å². The quantitative estimate of drug-likeness (QED) is 0.192. The number of nitrogens with zero attached hydrogens (tertiary/aromatic N) is 6. The second-order valence-electron chi connectivity index (χ2n) is 12.1. The molecule has 1 aromatic carbocycles. The minimum Gasteiger partial charge on any atom is -0.365 e. The van der Waals surface area contributed by atoms with E-state index in [4.69, 9.17) is 4.74 Å². The van der Waals surface area contributed by atoms with Crippen LogP contribution in [0.5, 0.6) is 0 Å². The molecule has 5 heterocycles. The highest BCUT2D eigenvalue weighted by molar-refractivity contribution is 6.76. The van der Waals surface area contributed by atoms with Crippen LogP contribution in [-0.2, 0) is 11.5 Å². The van der Waals surface area contributed by atoms with Crippen LogP contribution < -0.4 is 9.80 Å². The number of halogens is 3. The lowest BCUT2D eigenvalue weighted by Gasteiger charge is -2.28. The first kappa shape index (κ1) is 27.5. The maximum absolute atomic E-state index is 15.9. The molecular formula is C29H33F3N6O2Si. The van der Waals surface area contributed by atoms with Gasteiger partial charge in [-0.2, -0.15) is 5.10 Å². The van der Waals surface area contributed by atoms with Crippen molar-refractivity contribution in [3.63, 3.8) is 0 Å². The summed E-state index contributed by atoms with van der Waals surface area (Å²) in [5.74, 6) is -3.73. The Morgan fingerprint density at radius 2 is 1.93 bits per heavy atom. The number of rotatable bonds is 8. The maximum atomic E-state index is 15.9. The van der Waals surface area contributed by atoms with Gasteiger partial charge in [-0.05, 0) is 31.2 Å². The highest BCUT2D eigenvalue weighted by atomic mass is 28.3. The zero-order valence-electron chi connectivity index (χ0n) is 23.6. The van der Waals surface area contributed by atoms with Crippen LogP contribution in [0.2, 0.25) is 25.7 Å². The fraction of sp³-hybridized carbons (Fsp3) is 0.414. The van der Waals surface area contributed by atoms with Gasteiger partial charge in [-0.25, -0.2) is 22.8 Å². The number of imidazole rings is 1. The third-order valence-corrected chi connectivity index (χ3v) is 9.59. The Morgan fingerprint density at radius 1 is 1.12 bits per heavy atom. The molecule has 3 aromatic heterocycles. The van der Waals surface area contributed by atoms with E-state index in [2.05, 4.69) is 29.7 Å². The van der Waals surface area contributed by atoms with E-state index in [-0.39, 0.29) is 36.9 Å². The summed E-state index contributed by atoms with van der Waals surface area (Å²) < 4.78 is 53.0. The average molecular weight is 583 g/mol. The van der Waals surface area contributed by atoms with Crippen molar-refractivity contribution in [3.8, 4) is 0 Å². The number of amides is 1. The maximum Gasteiger partial charge on any atom is 0.280 e. The normalized spacial score (nSPS) is 18.6. The van der Waals surface area contributed by atoms with Gasteiger partial charge < -0.3 is 14.0 Å². The summed E-state index contributed by atoms with van der Waals surface area (Å²) in [6.07, 6.45) is 4.99. The minimum absolute atomic E-state index is 0.151. The molecule has 1 unspecified atom stereocenters. The number of benzene rings is 1. The van der Waals surface area contributed by atoms with Gasteiger partial charge in [0, 0.05) is 74.8 Å². The van der Waals surface area contributed by atoms with Crippen LogP contribution in [0.25, 0.3) is 5.65 Å². The summed E-state index contributed by atoms with van der Waals surface area (Å²) in [6.45, 7) is 9.17. The molecule has 1 atom stereocenters. The van der Waals surface area contributed by atoms with Crippen molar-refractivity contribution in [2.24, 2.45) is 0 Å². The summed E-state index contributed by atoms with van der Waals surface area (Å²) in [7, 11) is -1.28. The SMILES string of the molecule is Cc1c2c(nn1COCC[Si](C)(C)C)C(=O)N(c1ccn3ccnc3c1)C2c1ccc(N2CCC(F)(F)C2)cc1F. The number of aromatic nitrogens is 4. The molecule has 0 N–H and O–H groups in total. The van der Waals surface area contributed by atoms with E-state index in [9.17, 15) is 13.6 Å². The fourth-order valence-corrected chi connectivity index (χ4v) is 6.32. The molecule has 41 heavy (non-hydrogen) atoms. The number of carbonyl (C=O) groups is 1. The Morgan fingerprint density at radius 3 is 2.63 bits per heavy atom. The monoisotopic (exact) mass is 582 g/mol. The van der Waals surface area contributed by atoms with E-state index in [1.807, 2.05) is 11.3 Å². The summed E-state index contributed by atoms with van der Waals surface area (Å²) >= 11 is 0. The average Bonchev–Trinajstić information content (AvgIpc) is 3.65. The van der Waals surface area contributed by atoms with Gasteiger partial charge in [0.25, 0.3) is 11.8 Å². The second kappa shape index (κ2) is 10.0. The fourth-order valence-electron chi connectivity index (χ4n) is 5.56. The summed E-state index contributed by atoms with van der Waals surface area (Å²) in [5.41, 5.74) is 3.40. The van der Waals surface area contributed by atoms with Gasteiger partial charge in [-0.1, -0.05) is 25.7 Å². The van der Waals surface area contributed by atoms with Crippen molar-refractivity contribution < 1.29 is 22.7 Å². The van der Waals surface area contributed by atoms with E-state index in [0.717, 1.165) is 6.04 Å². The van der Waals surface area contributed by atoms with Crippen molar-refractivity contribution >= 4 is 31.0 Å². The molecule has 8 nitrogen and oxygen atoms in total. The first-order chi connectivity index (χ1) is 19.4. The van der Waals surface area contributed by atoms with Gasteiger partial charge in [0.2, 0.25) is 0 Å². The van der Waals surface area contributed by atoms with Gasteiger partial charge in [-0.15, -0.1) is 0 Å². The summed E-state index contributed by atoms with van der Waals surface area (Å²) in [4.78, 5) is 21.3. The third kappa shape index (κ3) is 5.14. The largest absolute Gasteiger partial charge is 0.365 e. The molecule has 2 aliphatic heterocycles. The van der Waals surface area contributed by atoms with E-state index < -0.39 is 32.4 Å². The smallest absolute Gasteiger partial charge is 0.280 e. The van der Waals surface area contributed by atoms with Crippen LogP contribution in [-0.4, -0.2) is 58.8 Å². The molecule has 4 aromatic rings. The number of pyridine rings is 1. The Labute approximate surface area is 237 Å². The van der Waals surface area contributed by atoms with Crippen LogP contribution in [0.1, 0.15) is 39.8 Å². The molecule has 0 saturated carbocycles. The number of hydrogen-bond donors (Lipinski definition) is 0. The first-order valence-electron chi connectivity index (χ1n) is 13.8. The predicted molar refractivity (Wildman–Crippen MR) is 153 cm³/mol. The van der Waals surface area contributed by atoms with Crippen LogP contribution in [0, 0.1) is 12.7 Å². The molecule has 0 bridgehead atoms. The van der Waals surface area contributed by atoms with Crippen molar-refractivity contribution in [3.05, 3.63) is 77.3 Å². The van der Waals surface area contributed by atoms with Crippen molar-refractivity contribution in [2.45, 2.75) is 57.7 Å². The molecule has 1 amide bonds. The zero-order valence-corrected chi connectivity index (χ0v) is 24.6. The number of hydrogen-bond acceptors (Lipinski definition) is 5. The summed E-state index contributed by atoms with van der Waals surface area (Å²) in [5, 5.41) is 4.61. The molecule has 1 fully saturated rings. The molecule has 1 saturated heterocycles. The molecule has 0 spiro atoms. The number of ether oxygens (including phenoxy) is 1. The number of carbonyl (C=O) groups excluding carboxylic acids is 1. The van der Waals surface area contributed by atoms with Gasteiger partial charge in [0.15, 0.2) is 5.69 Å². The molecule has 12 heteroatoms. The molecule has 0 radical (unpaired) electrons. The molecular weight excluding hydrogens is 549 g/mol. The van der Waals surface area contributed by atoms with Gasteiger partial charge in [0.05, 0.1) is 18.3 Å².